The number of fused-ring (bicyclic) bond motifs is 4. The van der Waals surface area contributed by atoms with E-state index in [0.717, 1.165) is 27.8 Å². The Hall–Kier alpha value is -10.7. The zero-order valence-electron chi connectivity index (χ0n) is 59.1. The number of amides is 3. The Labute approximate surface area is 607 Å². The Morgan fingerprint density at radius 3 is 2.02 bits per heavy atom. The summed E-state index contributed by atoms with van der Waals surface area (Å²) >= 11 is 7.86. The number of hydrogen-bond donors (Lipinski definition) is 3. The van der Waals surface area contributed by atoms with E-state index in [1.165, 1.54) is 15.6 Å². The van der Waals surface area contributed by atoms with E-state index in [9.17, 15) is 24.6 Å². The van der Waals surface area contributed by atoms with E-state index in [1.54, 1.807) is 43.6 Å². The first-order valence-electron chi connectivity index (χ1n) is 35.1. The molecule has 7 atom stereocenters. The number of rotatable bonds is 22. The van der Waals surface area contributed by atoms with Gasteiger partial charge in [-0.25, -0.2) is 13.9 Å². The molecule has 0 radical (unpaired) electrons. The van der Waals surface area contributed by atoms with Crippen molar-refractivity contribution in [2.75, 3.05) is 44.9 Å². The second kappa shape index (κ2) is 29.2. The highest BCUT2D eigenvalue weighted by Gasteiger charge is 2.49. The summed E-state index contributed by atoms with van der Waals surface area (Å²) in [7, 11) is 1.60. The van der Waals surface area contributed by atoms with Crippen molar-refractivity contribution in [1.29, 1.82) is 0 Å². The molecule has 3 aliphatic rings. The van der Waals surface area contributed by atoms with Gasteiger partial charge >= 0.3 is 12.1 Å². The quantitative estimate of drug-likeness (QED) is 0.0535. The zero-order valence-corrected chi connectivity index (χ0v) is 59.9. The molecule has 23 heteroatoms. The maximum Gasteiger partial charge on any atom is 0.410 e. The zero-order chi connectivity index (χ0) is 72.7. The number of anilines is 1. The summed E-state index contributed by atoms with van der Waals surface area (Å²) in [6.45, 7) is 13.3. The monoisotopic (exact) mass is 1420 g/mol. The average Bonchev–Trinajstić information content (AvgIpc) is 1.43. The number of aromatic nitrogens is 8. The molecule has 4 aromatic heterocycles. The first kappa shape index (κ1) is 70.4. The molecule has 2 bridgehead atoms. The van der Waals surface area contributed by atoms with Crippen molar-refractivity contribution in [3.8, 4) is 45.3 Å². The van der Waals surface area contributed by atoms with Gasteiger partial charge in [-0.1, -0.05) is 176 Å². The predicted molar refractivity (Wildman–Crippen MR) is 394 cm³/mol. The molecule has 7 aromatic carbocycles. The van der Waals surface area contributed by atoms with Crippen LogP contribution in [0.2, 0.25) is 5.02 Å². The summed E-state index contributed by atoms with van der Waals surface area (Å²) in [5, 5.41) is 40.2. The summed E-state index contributed by atoms with van der Waals surface area (Å²) in [5.74, 6) is -1.07. The average molecular weight is 1420 g/mol. The number of aliphatic hydroxyl groups is 2. The first-order valence-corrected chi connectivity index (χ1v) is 35.4. The Morgan fingerprint density at radius 2 is 1.41 bits per heavy atom. The number of benzene rings is 7. The third-order valence-electron chi connectivity index (χ3n) is 20.0. The van der Waals surface area contributed by atoms with E-state index in [1.807, 2.05) is 168 Å². The van der Waals surface area contributed by atoms with E-state index in [-0.39, 0.29) is 78.7 Å². The van der Waals surface area contributed by atoms with Crippen LogP contribution < -0.4 is 19.7 Å². The molecular weight excluding hydrogens is 1340 g/mol. The van der Waals surface area contributed by atoms with Crippen molar-refractivity contribution in [2.24, 2.45) is 5.92 Å². The smallest absolute Gasteiger partial charge is 0.410 e. The van der Waals surface area contributed by atoms with Crippen LogP contribution in [0.1, 0.15) is 99.8 Å². The highest BCUT2D eigenvalue weighted by Crippen LogP contribution is 2.51. The lowest BCUT2D eigenvalue weighted by Gasteiger charge is -2.36. The summed E-state index contributed by atoms with van der Waals surface area (Å²) in [5.41, 5.74) is 7.05. The largest absolute Gasteiger partial charge is 0.486 e. The Kier molecular flexibility index (Phi) is 19.8. The second-order valence-corrected chi connectivity index (χ2v) is 28.8. The second-order valence-electron chi connectivity index (χ2n) is 28.4. The van der Waals surface area contributed by atoms with Gasteiger partial charge < -0.3 is 49.2 Å². The van der Waals surface area contributed by atoms with Gasteiger partial charge in [0, 0.05) is 85.3 Å². The molecule has 3 fully saturated rings. The number of ether oxygens (including phenoxy) is 4. The van der Waals surface area contributed by atoms with E-state index in [4.69, 9.17) is 45.6 Å². The highest BCUT2D eigenvalue weighted by molar-refractivity contribution is 6.35. The lowest BCUT2D eigenvalue weighted by atomic mass is 9.77. The molecule has 21 nitrogen and oxygen atoms in total. The van der Waals surface area contributed by atoms with Crippen molar-refractivity contribution in [3.05, 3.63) is 233 Å². The Morgan fingerprint density at radius 1 is 0.740 bits per heavy atom. The third-order valence-corrected chi connectivity index (χ3v) is 20.3. The Bertz CT molecular complexity index is 4840. The summed E-state index contributed by atoms with van der Waals surface area (Å²) in [6, 6.07) is 49.3. The molecule has 0 aliphatic carbocycles. The number of methoxy groups -OCH3 is 1. The normalized spacial score (nSPS) is 17.6. The number of halogens is 2. The van der Waals surface area contributed by atoms with Gasteiger partial charge in [0.05, 0.1) is 53.7 Å². The fourth-order valence-electron chi connectivity index (χ4n) is 14.8. The number of hydrogen-bond acceptors (Lipinski definition) is 16. The van der Waals surface area contributed by atoms with Crippen molar-refractivity contribution in [2.45, 2.75) is 121 Å². The molecule has 11 aromatic rings. The van der Waals surface area contributed by atoms with E-state index in [2.05, 4.69) is 61.9 Å². The molecule has 14 rings (SSSR count). The molecule has 3 N–H and O–H groups in total. The standard InChI is InChI=1S/C81H82ClFN12O9/c1-48(2)73(77(99)93-42-61(97)36-69(93)76(98)85-68(45-96)54-32-30-52(31-33-54)55-19-18-34-84-39-55)94-44-67(88-90-94)53-28-26-51(27-29-53)47-102-74-71(64(82)37-62-72(74)86-78(103-46-49(3)101-8)87-75(62)91-40-60-35-59(91)41-92(60)79(100)104-80(5,6)7)70-50(4)65(83)38-66-63(70)43-95(89-66)81(56-20-12-9-13-21-56,57-22-14-10-15-23-57)58-24-16-11-17-25-58/h9-34,37-39,43-44,48-49,59-61,68-69,73,96-97H,35-36,40-42,45-47H2,1-8H3,(H,85,98)/t49-,59-,60-,61+,68-,69-,73-/m0/s1. The lowest BCUT2D eigenvalue weighted by Crippen LogP contribution is -2.50. The van der Waals surface area contributed by atoms with Crippen LogP contribution in [0.4, 0.5) is 15.0 Å². The minimum atomic E-state index is -1.07. The number of nitrogens with one attached hydrogen (secondary N) is 1. The van der Waals surface area contributed by atoms with Gasteiger partial charge in [0.2, 0.25) is 11.8 Å². The van der Waals surface area contributed by atoms with Crippen molar-refractivity contribution in [3.63, 3.8) is 0 Å². The number of piperazine rings is 1. The van der Waals surface area contributed by atoms with Gasteiger partial charge in [-0.2, -0.15) is 15.1 Å². The van der Waals surface area contributed by atoms with Gasteiger partial charge in [0.15, 0.2) is 5.75 Å². The third kappa shape index (κ3) is 13.7. The van der Waals surface area contributed by atoms with Crippen LogP contribution in [0, 0.1) is 18.7 Å². The molecule has 3 aliphatic heterocycles. The maximum atomic E-state index is 17.4. The Balaban J connectivity index is 0.820. The molecule has 104 heavy (non-hydrogen) atoms. The van der Waals surface area contributed by atoms with Crippen molar-refractivity contribution in [1.82, 2.24) is 54.8 Å². The topological polar surface area (TPSA) is 238 Å². The van der Waals surface area contributed by atoms with Gasteiger partial charge in [0.1, 0.15) is 59.3 Å². The van der Waals surface area contributed by atoms with Crippen LogP contribution in [0.5, 0.6) is 11.8 Å². The minimum absolute atomic E-state index is 0.00361. The van der Waals surface area contributed by atoms with Crippen LogP contribution in [-0.4, -0.2) is 154 Å². The van der Waals surface area contributed by atoms with Gasteiger partial charge in [-0.05, 0) is 104 Å². The summed E-state index contributed by atoms with van der Waals surface area (Å²) in [4.78, 5) is 62.5. The van der Waals surface area contributed by atoms with E-state index >= 15 is 4.39 Å². The number of pyridine rings is 1. The first-order chi connectivity index (χ1) is 50.2. The number of carbonyl (C=O) groups excluding carboxylic acids is 3. The number of carbonyl (C=O) groups is 3. The molecule has 3 amide bonds. The van der Waals surface area contributed by atoms with Crippen LogP contribution >= 0.6 is 11.6 Å². The summed E-state index contributed by atoms with van der Waals surface area (Å²) < 4.78 is 46.0. The van der Waals surface area contributed by atoms with Gasteiger partial charge in [-0.15, -0.1) is 5.10 Å². The van der Waals surface area contributed by atoms with Crippen LogP contribution in [-0.2, 0) is 31.2 Å². The molecule has 534 valence electrons. The SMILES string of the molecule is CO[C@@H](C)COc1nc(N2C[C@@H]3C[C@H]2CN3C(=O)OC(C)(C)C)c2cc(Cl)c(-c3c(C)c(F)cc4nn(C(c5ccccc5)(c5ccccc5)c5ccccc5)cc34)c(OCc3ccc(-c4cn([C@H](C(=O)N5C[C@H](O)C[C@H]5C(=O)N[C@@H](CO)c5ccc(-c6cccnc6)cc5)C(C)C)nn4)cc3)c2n1. The van der Waals surface area contributed by atoms with E-state index < -0.39 is 59.6 Å². The number of nitrogens with zero attached hydrogens (tertiary/aromatic N) is 11. The predicted octanol–water partition coefficient (Wildman–Crippen LogP) is 13.1. The van der Waals surface area contributed by atoms with Crippen LogP contribution in [0.15, 0.2) is 189 Å². The van der Waals surface area contributed by atoms with Crippen LogP contribution in [0.25, 0.3) is 55.3 Å². The highest BCUT2D eigenvalue weighted by atomic mass is 35.5. The van der Waals surface area contributed by atoms with E-state index in [0.29, 0.717) is 80.6 Å². The minimum Gasteiger partial charge on any atom is -0.486 e. The summed E-state index contributed by atoms with van der Waals surface area (Å²) in [6.07, 6.45) is 6.06. The van der Waals surface area contributed by atoms with Crippen molar-refractivity contribution < 1.29 is 47.9 Å². The molecule has 3 saturated heterocycles. The fourth-order valence-corrected chi connectivity index (χ4v) is 15.1. The maximum absolute atomic E-state index is 17.4. The van der Waals surface area contributed by atoms with Crippen LogP contribution in [0.3, 0.4) is 0 Å². The molecule has 7 heterocycles. The molecular formula is C81H82ClFN12O9. The number of β-amino-alcohol motifs (C(OH)–C–C–N with tert-alkyl or cyclic N) is 1. The van der Waals surface area contributed by atoms with Gasteiger partial charge in [0.25, 0.3) is 0 Å². The fraction of sp³-hybridized carbons (Fsp3) is 0.321. The lowest BCUT2D eigenvalue weighted by molar-refractivity contribution is -0.142. The van der Waals surface area contributed by atoms with Crippen molar-refractivity contribution >= 4 is 57.1 Å². The molecule has 0 spiro atoms. The van der Waals surface area contributed by atoms with Gasteiger partial charge in [-0.3, -0.25) is 19.3 Å². The number of aliphatic hydroxyl groups excluding tert-OH is 2. The number of likely N-dealkylation sites (tertiary alicyclic amines) is 2. The molecule has 0 saturated carbocycles. The molecule has 0 unspecified atom stereocenters.